The van der Waals surface area contributed by atoms with Gasteiger partial charge in [0, 0.05) is 31.0 Å². The lowest BCUT2D eigenvalue weighted by molar-refractivity contribution is 0.0530. The van der Waals surface area contributed by atoms with Gasteiger partial charge in [-0.05, 0) is 48.7 Å². The molecule has 2 heterocycles. The topological polar surface area (TPSA) is 66.1 Å². The normalized spacial score (nSPS) is 13.9. The molecule has 1 saturated heterocycles. The summed E-state index contributed by atoms with van der Waals surface area (Å²) in [6, 6.07) is 10.5. The number of benzene rings is 2. The molecule has 30 heavy (non-hydrogen) atoms. The fourth-order valence-corrected chi connectivity index (χ4v) is 4.60. The van der Waals surface area contributed by atoms with Gasteiger partial charge in [-0.3, -0.25) is 9.59 Å². The van der Waals surface area contributed by atoms with E-state index in [1.165, 1.54) is 0 Å². The average molecular weight is 440 g/mol. The van der Waals surface area contributed by atoms with E-state index in [4.69, 9.17) is 23.2 Å². The first-order valence-electron chi connectivity index (χ1n) is 9.55. The lowest BCUT2D eigenvalue weighted by atomic mass is 9.99. The number of likely N-dealkylation sites (tertiary alicyclic amines) is 1. The molecule has 5 nitrogen and oxygen atoms in total. The van der Waals surface area contributed by atoms with Crippen molar-refractivity contribution in [3.8, 4) is 6.07 Å². The minimum Gasteiger partial charge on any atom is -0.341 e. The third-order valence-electron chi connectivity index (χ3n) is 5.63. The number of rotatable bonds is 3. The Hall–Kier alpha value is -2.81. The second kappa shape index (κ2) is 7.46. The van der Waals surface area contributed by atoms with Crippen LogP contribution in [0.25, 0.3) is 10.9 Å². The highest BCUT2D eigenvalue weighted by molar-refractivity contribution is 6.42. The van der Waals surface area contributed by atoms with Crippen molar-refractivity contribution >= 4 is 45.8 Å². The zero-order valence-electron chi connectivity index (χ0n) is 16.8. The van der Waals surface area contributed by atoms with E-state index in [1.54, 1.807) is 46.8 Å². The fraction of sp³-hybridized carbons (Fsp3) is 0.261. The van der Waals surface area contributed by atoms with Crippen LogP contribution in [0.1, 0.15) is 44.5 Å². The highest BCUT2D eigenvalue weighted by Gasteiger charge is 2.31. The second-order valence-electron chi connectivity index (χ2n) is 7.85. The summed E-state index contributed by atoms with van der Waals surface area (Å²) in [7, 11) is 1.76. The molecular formula is C23H19Cl2N3O2. The molecule has 1 aliphatic rings. The fourth-order valence-electron chi connectivity index (χ4n) is 3.98. The van der Waals surface area contributed by atoms with Crippen LogP contribution in [0, 0.1) is 24.2 Å². The Balaban J connectivity index is 1.81. The monoisotopic (exact) mass is 439 g/mol. The van der Waals surface area contributed by atoms with Crippen LogP contribution in [0.5, 0.6) is 0 Å². The third-order valence-corrected chi connectivity index (χ3v) is 6.34. The van der Waals surface area contributed by atoms with E-state index >= 15 is 0 Å². The lowest BCUT2D eigenvalue weighted by Gasteiger charge is -2.37. The Kier molecular flexibility index (Phi) is 5.09. The first kappa shape index (κ1) is 20.5. The molecule has 1 aliphatic heterocycles. The Morgan fingerprint density at radius 2 is 1.87 bits per heavy atom. The number of amides is 1. The van der Waals surface area contributed by atoms with Crippen molar-refractivity contribution in [2.45, 2.75) is 13.8 Å². The molecule has 1 aromatic heterocycles. The zero-order valence-corrected chi connectivity index (χ0v) is 18.3. The quantitative estimate of drug-likeness (QED) is 0.539. The Morgan fingerprint density at radius 1 is 1.17 bits per heavy atom. The molecule has 7 heteroatoms. The molecule has 1 amide bonds. The summed E-state index contributed by atoms with van der Waals surface area (Å²) in [6.07, 6.45) is 0. The van der Waals surface area contributed by atoms with Gasteiger partial charge in [-0.25, -0.2) is 0 Å². The summed E-state index contributed by atoms with van der Waals surface area (Å²) in [4.78, 5) is 27.9. The maximum Gasteiger partial charge on any atom is 0.255 e. The lowest BCUT2D eigenvalue weighted by Crippen LogP contribution is -2.48. The number of hydrogen-bond acceptors (Lipinski definition) is 3. The Labute approximate surface area is 184 Å². The molecule has 1 fully saturated rings. The highest BCUT2D eigenvalue weighted by Crippen LogP contribution is 2.34. The minimum atomic E-state index is -0.367. The molecule has 0 spiro atoms. The number of carbonyl (C=O) groups excluding carboxylic acids is 2. The summed E-state index contributed by atoms with van der Waals surface area (Å²) in [5, 5.41) is 10.4. The average Bonchev–Trinajstić information content (AvgIpc) is 3.02. The first-order chi connectivity index (χ1) is 14.2. The van der Waals surface area contributed by atoms with Crippen LogP contribution in [-0.4, -0.2) is 34.2 Å². The van der Waals surface area contributed by atoms with Gasteiger partial charge < -0.3 is 9.47 Å². The molecule has 0 saturated carbocycles. The number of aryl methyl sites for hydroxylation is 2. The van der Waals surface area contributed by atoms with Crippen molar-refractivity contribution < 1.29 is 9.59 Å². The van der Waals surface area contributed by atoms with Crippen LogP contribution in [-0.2, 0) is 7.05 Å². The van der Waals surface area contributed by atoms with Gasteiger partial charge in [0.2, 0.25) is 5.78 Å². The molecular weight excluding hydrogens is 421 g/mol. The number of nitrogens with zero attached hydrogens (tertiary/aromatic N) is 3. The van der Waals surface area contributed by atoms with Gasteiger partial charge in [-0.1, -0.05) is 30.1 Å². The van der Waals surface area contributed by atoms with E-state index in [-0.39, 0.29) is 32.9 Å². The van der Waals surface area contributed by atoms with Crippen LogP contribution < -0.4 is 0 Å². The maximum atomic E-state index is 13.4. The number of halogens is 2. The van der Waals surface area contributed by atoms with Crippen LogP contribution >= 0.6 is 23.2 Å². The summed E-state index contributed by atoms with van der Waals surface area (Å²) in [5.74, 6) is -0.109. The van der Waals surface area contributed by atoms with Gasteiger partial charge in [0.15, 0.2) is 0 Å². The summed E-state index contributed by atoms with van der Waals surface area (Å²) >= 11 is 12.9. The van der Waals surface area contributed by atoms with Crippen molar-refractivity contribution in [3.05, 3.63) is 68.3 Å². The van der Waals surface area contributed by atoms with Crippen LogP contribution in [0.3, 0.4) is 0 Å². The van der Waals surface area contributed by atoms with Gasteiger partial charge in [0.05, 0.1) is 38.5 Å². The minimum absolute atomic E-state index is 0.0664. The van der Waals surface area contributed by atoms with Crippen molar-refractivity contribution in [1.82, 2.24) is 9.47 Å². The van der Waals surface area contributed by atoms with Crippen molar-refractivity contribution in [1.29, 1.82) is 5.26 Å². The van der Waals surface area contributed by atoms with E-state index in [1.807, 2.05) is 6.92 Å². The predicted molar refractivity (Wildman–Crippen MR) is 117 cm³/mol. The molecule has 0 radical (unpaired) electrons. The molecule has 3 aromatic rings. The summed E-state index contributed by atoms with van der Waals surface area (Å²) in [5.41, 5.74) is 2.96. The van der Waals surface area contributed by atoms with Gasteiger partial charge in [0.1, 0.15) is 0 Å². The standard InChI is InChI=1S/C23H19Cl2N3O2/c1-12-10-28(11-12)23(30)15-4-5-17(24)20(21(15)25)22(29)19-8-16-13(2)6-14(9-26)7-18(16)27(19)3/h4-8,12H,10-11H2,1-3H3. The number of carbonyl (C=O) groups is 2. The summed E-state index contributed by atoms with van der Waals surface area (Å²) in [6.45, 7) is 5.31. The third kappa shape index (κ3) is 3.17. The van der Waals surface area contributed by atoms with Crippen LogP contribution in [0.15, 0.2) is 30.3 Å². The van der Waals surface area contributed by atoms with E-state index in [2.05, 4.69) is 13.0 Å². The smallest absolute Gasteiger partial charge is 0.255 e. The van der Waals surface area contributed by atoms with Crippen LogP contribution in [0.4, 0.5) is 0 Å². The van der Waals surface area contributed by atoms with Crippen LogP contribution in [0.2, 0.25) is 10.0 Å². The number of fused-ring (bicyclic) bond motifs is 1. The zero-order chi connectivity index (χ0) is 21.7. The largest absolute Gasteiger partial charge is 0.341 e. The Bertz CT molecular complexity index is 1260. The molecule has 0 aliphatic carbocycles. The first-order valence-corrected chi connectivity index (χ1v) is 10.3. The number of ketones is 1. The molecule has 0 atom stereocenters. The highest BCUT2D eigenvalue weighted by atomic mass is 35.5. The van der Waals surface area contributed by atoms with Gasteiger partial charge in [-0.2, -0.15) is 5.26 Å². The summed E-state index contributed by atoms with van der Waals surface area (Å²) < 4.78 is 1.73. The molecule has 2 aromatic carbocycles. The predicted octanol–water partition coefficient (Wildman–Crippen LogP) is 4.99. The Morgan fingerprint density at radius 3 is 2.50 bits per heavy atom. The van der Waals surface area contributed by atoms with E-state index in [0.717, 1.165) is 16.5 Å². The number of nitriles is 1. The van der Waals surface area contributed by atoms with Crippen molar-refractivity contribution in [3.63, 3.8) is 0 Å². The number of hydrogen-bond donors (Lipinski definition) is 0. The number of aromatic nitrogens is 1. The van der Waals surface area contributed by atoms with E-state index in [9.17, 15) is 14.9 Å². The van der Waals surface area contributed by atoms with E-state index < -0.39 is 0 Å². The molecule has 4 rings (SSSR count). The van der Waals surface area contributed by atoms with Gasteiger partial charge >= 0.3 is 0 Å². The van der Waals surface area contributed by atoms with E-state index in [0.29, 0.717) is 30.3 Å². The molecule has 0 N–H and O–H groups in total. The van der Waals surface area contributed by atoms with Gasteiger partial charge in [-0.15, -0.1) is 0 Å². The SMILES string of the molecule is Cc1cc(C#N)cc2c1cc(C(=O)c1c(Cl)ccc(C(=O)N3CC(C)C3)c1Cl)n2C. The molecule has 0 bridgehead atoms. The molecule has 0 unspecified atom stereocenters. The van der Waals surface area contributed by atoms with Crippen molar-refractivity contribution in [2.24, 2.45) is 13.0 Å². The second-order valence-corrected chi connectivity index (χ2v) is 8.64. The van der Waals surface area contributed by atoms with Crippen molar-refractivity contribution in [2.75, 3.05) is 13.1 Å². The maximum absolute atomic E-state index is 13.4. The van der Waals surface area contributed by atoms with Gasteiger partial charge in [0.25, 0.3) is 5.91 Å². The molecule has 152 valence electrons.